The zero-order valence-corrected chi connectivity index (χ0v) is 18.6. The molecule has 3 aromatic carbocycles. The summed E-state index contributed by atoms with van der Waals surface area (Å²) in [6.45, 7) is -0.226. The minimum absolute atomic E-state index is 0.0782. The molecule has 34 heavy (non-hydrogen) atoms. The molecule has 0 aliphatic heterocycles. The molecule has 4 aromatic rings. The summed E-state index contributed by atoms with van der Waals surface area (Å²) in [4.78, 5) is 4.03. The van der Waals surface area contributed by atoms with Gasteiger partial charge in [0.25, 0.3) is 0 Å². The minimum Gasteiger partial charge on any atom is -0.457 e. The Balaban J connectivity index is 1.68. The molecule has 0 atom stereocenters. The van der Waals surface area contributed by atoms with Crippen LogP contribution in [0.5, 0.6) is 11.5 Å². The van der Waals surface area contributed by atoms with E-state index < -0.39 is 21.6 Å². The number of sulfone groups is 1. The van der Waals surface area contributed by atoms with Crippen LogP contribution in [-0.4, -0.2) is 30.9 Å². The van der Waals surface area contributed by atoms with E-state index in [1.54, 1.807) is 48.5 Å². The maximum Gasteiger partial charge on any atom is 0.418 e. The highest BCUT2D eigenvalue weighted by Gasteiger charge is 2.33. The molecule has 0 unspecified atom stereocenters. The van der Waals surface area contributed by atoms with Crippen molar-refractivity contribution in [1.82, 2.24) is 4.98 Å². The third kappa shape index (κ3) is 5.05. The van der Waals surface area contributed by atoms with E-state index in [1.165, 1.54) is 24.4 Å². The number of aliphatic hydroxyl groups excluding tert-OH is 1. The summed E-state index contributed by atoms with van der Waals surface area (Å²) < 4.78 is 71.0. The molecule has 5 nitrogen and oxygen atoms in total. The molecule has 9 heteroatoms. The second kappa shape index (κ2) is 9.44. The van der Waals surface area contributed by atoms with Crippen LogP contribution >= 0.6 is 0 Å². The molecule has 0 saturated heterocycles. The van der Waals surface area contributed by atoms with Crippen molar-refractivity contribution >= 4 is 20.7 Å². The summed E-state index contributed by atoms with van der Waals surface area (Å²) >= 11 is 0. The van der Waals surface area contributed by atoms with Crippen molar-refractivity contribution in [2.45, 2.75) is 17.5 Å². The molecule has 0 fully saturated rings. The highest BCUT2D eigenvalue weighted by Crippen LogP contribution is 2.37. The molecule has 0 spiro atoms. The van der Waals surface area contributed by atoms with E-state index in [0.717, 1.165) is 6.07 Å². The number of benzene rings is 3. The Bertz CT molecular complexity index is 1440. The van der Waals surface area contributed by atoms with Crippen LogP contribution in [0.15, 0.2) is 83.9 Å². The Morgan fingerprint density at radius 1 is 0.912 bits per heavy atom. The second-order valence-electron chi connectivity index (χ2n) is 7.56. The molecule has 1 N–H and O–H groups in total. The Morgan fingerprint density at radius 2 is 1.62 bits per heavy atom. The van der Waals surface area contributed by atoms with Crippen molar-refractivity contribution in [2.75, 3.05) is 12.4 Å². The van der Waals surface area contributed by atoms with Gasteiger partial charge in [-0.25, -0.2) is 8.42 Å². The van der Waals surface area contributed by atoms with E-state index in [0.29, 0.717) is 28.0 Å². The molecule has 0 aliphatic rings. The van der Waals surface area contributed by atoms with Crippen molar-refractivity contribution in [3.63, 3.8) is 0 Å². The third-order valence-corrected chi connectivity index (χ3v) is 6.99. The van der Waals surface area contributed by atoms with Crippen LogP contribution in [0.1, 0.15) is 12.0 Å². The molecule has 0 radical (unpaired) electrons. The number of aromatic nitrogens is 1. The Morgan fingerprint density at radius 3 is 2.35 bits per heavy atom. The van der Waals surface area contributed by atoms with E-state index in [2.05, 4.69) is 4.98 Å². The highest BCUT2D eigenvalue weighted by atomic mass is 32.2. The van der Waals surface area contributed by atoms with Gasteiger partial charge in [0.2, 0.25) is 0 Å². The number of ether oxygens (including phenoxy) is 1. The van der Waals surface area contributed by atoms with Gasteiger partial charge in [-0.2, -0.15) is 13.2 Å². The van der Waals surface area contributed by atoms with Crippen LogP contribution in [0.2, 0.25) is 0 Å². The lowest BCUT2D eigenvalue weighted by atomic mass is 9.99. The molecule has 0 amide bonds. The SMILES string of the molecule is O=S(=O)(CCCO)c1cccc(Oc2cccc(-c3ccnc4c(C(F)(F)F)cccc34)c2)c1. The van der Waals surface area contributed by atoms with Gasteiger partial charge in [-0.15, -0.1) is 0 Å². The molecule has 176 valence electrons. The van der Waals surface area contributed by atoms with E-state index in [9.17, 15) is 21.6 Å². The number of halogens is 3. The van der Waals surface area contributed by atoms with Gasteiger partial charge in [0.1, 0.15) is 11.5 Å². The number of rotatable bonds is 7. The Hall–Kier alpha value is -3.43. The molecule has 0 aliphatic carbocycles. The predicted octanol–water partition coefficient (Wildman–Crippen LogP) is 5.87. The lowest BCUT2D eigenvalue weighted by molar-refractivity contribution is -0.136. The summed E-state index contributed by atoms with van der Waals surface area (Å²) in [7, 11) is -3.57. The Kier molecular flexibility index (Phi) is 6.58. The Labute approximate surface area is 194 Å². The normalized spacial score (nSPS) is 12.1. The smallest absolute Gasteiger partial charge is 0.418 e. The summed E-state index contributed by atoms with van der Waals surface area (Å²) in [5.74, 6) is 0.498. The number of hydrogen-bond acceptors (Lipinski definition) is 5. The standard InChI is InChI=1S/C25H20F3NO4S/c26-25(27,28)23-10-3-9-22-21(11-12-29-24(22)23)17-5-1-6-18(15-17)33-19-7-2-8-20(16-19)34(31,32)14-4-13-30/h1-3,5-12,15-16,30H,4,13-14H2. The number of nitrogens with zero attached hydrogens (tertiary/aromatic N) is 1. The van der Waals surface area contributed by atoms with Crippen LogP contribution in [0, 0.1) is 0 Å². The van der Waals surface area contributed by atoms with Crippen LogP contribution in [0.25, 0.3) is 22.0 Å². The number of hydrogen-bond donors (Lipinski definition) is 1. The average Bonchev–Trinajstić information content (AvgIpc) is 2.82. The number of alkyl halides is 3. The van der Waals surface area contributed by atoms with E-state index in [-0.39, 0.29) is 29.2 Å². The van der Waals surface area contributed by atoms with Gasteiger partial charge in [-0.3, -0.25) is 4.98 Å². The zero-order valence-electron chi connectivity index (χ0n) is 17.8. The van der Waals surface area contributed by atoms with Crippen LogP contribution < -0.4 is 4.74 Å². The maximum atomic E-state index is 13.4. The zero-order chi connectivity index (χ0) is 24.3. The largest absolute Gasteiger partial charge is 0.457 e. The maximum absolute atomic E-state index is 13.4. The summed E-state index contributed by atoms with van der Waals surface area (Å²) in [5, 5.41) is 9.27. The van der Waals surface area contributed by atoms with Gasteiger partial charge in [-0.1, -0.05) is 30.3 Å². The fourth-order valence-corrected chi connectivity index (χ4v) is 4.95. The molecule has 1 aromatic heterocycles. The number of fused-ring (bicyclic) bond motifs is 1. The quantitative estimate of drug-likeness (QED) is 0.353. The highest BCUT2D eigenvalue weighted by molar-refractivity contribution is 7.91. The minimum atomic E-state index is -4.53. The first-order valence-corrected chi connectivity index (χ1v) is 12.0. The monoisotopic (exact) mass is 487 g/mol. The van der Waals surface area contributed by atoms with E-state index in [4.69, 9.17) is 9.84 Å². The molecule has 4 rings (SSSR count). The van der Waals surface area contributed by atoms with Gasteiger partial charge in [-0.05, 0) is 60.0 Å². The van der Waals surface area contributed by atoms with Gasteiger partial charge in [0.15, 0.2) is 9.84 Å². The summed E-state index contributed by atoms with van der Waals surface area (Å²) in [5.41, 5.74) is 0.232. The fourth-order valence-electron chi connectivity index (χ4n) is 3.62. The van der Waals surface area contributed by atoms with Crippen LogP contribution in [-0.2, 0) is 16.0 Å². The second-order valence-corrected chi connectivity index (χ2v) is 9.67. The van der Waals surface area contributed by atoms with Crippen molar-refractivity contribution in [3.05, 3.63) is 84.6 Å². The average molecular weight is 487 g/mol. The van der Waals surface area contributed by atoms with E-state index in [1.807, 2.05) is 0 Å². The fraction of sp³-hybridized carbons (Fsp3) is 0.160. The first-order valence-electron chi connectivity index (χ1n) is 10.4. The van der Waals surface area contributed by atoms with Crippen LogP contribution in [0.4, 0.5) is 13.2 Å². The third-order valence-electron chi connectivity index (χ3n) is 5.19. The lowest BCUT2D eigenvalue weighted by Gasteiger charge is -2.13. The van der Waals surface area contributed by atoms with E-state index >= 15 is 0 Å². The first-order chi connectivity index (χ1) is 16.2. The predicted molar refractivity (Wildman–Crippen MR) is 122 cm³/mol. The van der Waals surface area contributed by atoms with Gasteiger partial charge in [0, 0.05) is 18.2 Å². The van der Waals surface area contributed by atoms with Crippen molar-refractivity contribution in [1.29, 1.82) is 0 Å². The topological polar surface area (TPSA) is 76.5 Å². The molecular weight excluding hydrogens is 467 g/mol. The van der Waals surface area contributed by atoms with Crippen molar-refractivity contribution < 1.29 is 31.4 Å². The molecular formula is C25H20F3NO4S. The van der Waals surface area contributed by atoms with Crippen molar-refractivity contribution in [2.24, 2.45) is 0 Å². The van der Waals surface area contributed by atoms with Crippen molar-refractivity contribution in [3.8, 4) is 22.6 Å². The molecule has 1 heterocycles. The van der Waals surface area contributed by atoms with Crippen LogP contribution in [0.3, 0.4) is 0 Å². The van der Waals surface area contributed by atoms with Gasteiger partial charge >= 0.3 is 6.18 Å². The molecule has 0 saturated carbocycles. The number of para-hydroxylation sites is 1. The van der Waals surface area contributed by atoms with Gasteiger partial charge < -0.3 is 9.84 Å². The molecule has 0 bridgehead atoms. The summed E-state index contributed by atoms with van der Waals surface area (Å²) in [6, 6.07) is 18.4. The van der Waals surface area contributed by atoms with Gasteiger partial charge in [0.05, 0.1) is 21.7 Å². The number of aliphatic hydroxyl groups is 1. The number of pyridine rings is 1. The lowest BCUT2D eigenvalue weighted by Crippen LogP contribution is -2.08. The first kappa shape index (κ1) is 23.7. The summed E-state index contributed by atoms with van der Waals surface area (Å²) in [6.07, 6.45) is -3.06.